The van der Waals surface area contributed by atoms with Crippen molar-refractivity contribution in [2.24, 2.45) is 14.1 Å². The predicted molar refractivity (Wildman–Crippen MR) is 109 cm³/mol. The maximum Gasteiger partial charge on any atom is 0.332 e. The number of nitrogens with one attached hydrogen (secondary N) is 2. The van der Waals surface area contributed by atoms with Crippen LogP contribution in [0.1, 0.15) is 16.8 Å². The Labute approximate surface area is 173 Å². The summed E-state index contributed by atoms with van der Waals surface area (Å²) in [4.78, 5) is 42.3. The highest BCUT2D eigenvalue weighted by molar-refractivity contribution is 14.1. The molecule has 0 saturated heterocycles. The van der Waals surface area contributed by atoms with E-state index in [2.05, 4.69) is 33.4 Å². The van der Waals surface area contributed by atoms with E-state index >= 15 is 0 Å². The third kappa shape index (κ3) is 4.89. The van der Waals surface area contributed by atoms with Crippen molar-refractivity contribution < 1.29 is 14.7 Å². The number of aliphatic hydroxyl groups is 1. The number of benzene rings is 1. The second-order valence-electron chi connectivity index (χ2n) is 5.54. The van der Waals surface area contributed by atoms with E-state index in [0.717, 1.165) is 12.7 Å². The first-order chi connectivity index (χ1) is 12.8. The normalized spacial score (nSPS) is 10.7. The van der Waals surface area contributed by atoms with Crippen molar-refractivity contribution in [3.8, 4) is 0 Å². The van der Waals surface area contributed by atoms with Gasteiger partial charge in [-0.2, -0.15) is 0 Å². The van der Waals surface area contributed by atoms with E-state index in [4.69, 9.17) is 21.5 Å². The van der Waals surface area contributed by atoms with Crippen LogP contribution in [0.4, 0.5) is 11.5 Å². The number of aromatic nitrogens is 2. The molecule has 11 heteroatoms. The molecule has 0 aliphatic rings. The highest BCUT2D eigenvalue weighted by atomic mass is 127. The molecule has 0 atom stereocenters. The quantitative estimate of drug-likeness (QED) is 0.294. The summed E-state index contributed by atoms with van der Waals surface area (Å²) >= 11 is 8.30. The number of nitrogens with zero attached hydrogens (tertiary/aromatic N) is 2. The molecule has 0 aliphatic carbocycles. The lowest BCUT2D eigenvalue weighted by Gasteiger charge is -2.17. The molecule has 9 nitrogen and oxygen atoms in total. The van der Waals surface area contributed by atoms with E-state index in [1.165, 1.54) is 14.1 Å². The molecular weight excluding hydrogens is 491 g/mol. The van der Waals surface area contributed by atoms with Crippen LogP contribution < -0.4 is 22.0 Å². The van der Waals surface area contributed by atoms with Crippen LogP contribution in [0.5, 0.6) is 0 Å². The van der Waals surface area contributed by atoms with Crippen molar-refractivity contribution >= 4 is 51.6 Å². The molecule has 3 N–H and O–H groups in total. The molecule has 1 aromatic carbocycles. The van der Waals surface area contributed by atoms with Gasteiger partial charge in [-0.25, -0.2) is 10.3 Å². The van der Waals surface area contributed by atoms with Crippen LogP contribution in [0.15, 0.2) is 27.8 Å². The number of aliphatic hydroxyl groups excluding tert-OH is 1. The molecule has 1 aromatic heterocycles. The van der Waals surface area contributed by atoms with Gasteiger partial charge in [0.2, 0.25) is 0 Å². The first kappa shape index (κ1) is 21.4. The lowest BCUT2D eigenvalue weighted by molar-refractivity contribution is 0.0260. The smallest absolute Gasteiger partial charge is 0.332 e. The first-order valence-electron chi connectivity index (χ1n) is 7.83. The van der Waals surface area contributed by atoms with Gasteiger partial charge in [0.15, 0.2) is 0 Å². The van der Waals surface area contributed by atoms with E-state index in [1.54, 1.807) is 18.2 Å². The molecule has 1 heterocycles. The predicted octanol–water partition coefficient (Wildman–Crippen LogP) is 1.13. The lowest BCUT2D eigenvalue weighted by atomic mass is 10.2. The summed E-state index contributed by atoms with van der Waals surface area (Å²) in [6, 6.07) is 5.15. The fraction of sp³-hybridized carbons (Fsp3) is 0.312. The van der Waals surface area contributed by atoms with Crippen molar-refractivity contribution in [1.82, 2.24) is 14.6 Å². The summed E-state index contributed by atoms with van der Waals surface area (Å²) in [6.45, 7) is -0.0321. The Morgan fingerprint density at radius 1 is 1.30 bits per heavy atom. The Morgan fingerprint density at radius 2 is 2.00 bits per heavy atom. The van der Waals surface area contributed by atoms with Gasteiger partial charge in [-0.05, 0) is 47.2 Å². The van der Waals surface area contributed by atoms with Crippen molar-refractivity contribution in [1.29, 1.82) is 0 Å². The average molecular weight is 509 g/mol. The third-order valence-electron chi connectivity index (χ3n) is 3.65. The van der Waals surface area contributed by atoms with Crippen molar-refractivity contribution in [3.05, 3.63) is 53.2 Å². The van der Waals surface area contributed by atoms with Gasteiger partial charge in [-0.1, -0.05) is 11.6 Å². The SMILES string of the molecule is Cn1c(Nc2ccc(I)cc2Cl)c(C(=O)NOCCCO)c(=O)n(C)c1=O. The van der Waals surface area contributed by atoms with Gasteiger partial charge in [-0.15, -0.1) is 0 Å². The van der Waals surface area contributed by atoms with Crippen LogP contribution in [-0.4, -0.2) is 33.4 Å². The Bertz CT molecular complexity index is 973. The number of hydroxylamine groups is 1. The zero-order valence-electron chi connectivity index (χ0n) is 14.6. The number of rotatable bonds is 7. The third-order valence-corrected chi connectivity index (χ3v) is 4.63. The Balaban J connectivity index is 2.50. The van der Waals surface area contributed by atoms with E-state index in [9.17, 15) is 14.4 Å². The Morgan fingerprint density at radius 3 is 2.63 bits per heavy atom. The minimum atomic E-state index is -0.826. The van der Waals surface area contributed by atoms with Crippen molar-refractivity contribution in [3.63, 3.8) is 0 Å². The molecule has 0 fully saturated rings. The second kappa shape index (κ2) is 9.35. The summed E-state index contributed by atoms with van der Waals surface area (Å²) in [5.41, 5.74) is 0.869. The minimum Gasteiger partial charge on any atom is -0.396 e. The summed E-state index contributed by atoms with van der Waals surface area (Å²) in [7, 11) is 2.70. The second-order valence-corrected chi connectivity index (χ2v) is 7.19. The maximum atomic E-state index is 12.5. The van der Waals surface area contributed by atoms with E-state index in [1.807, 2.05) is 0 Å². The Kier molecular flexibility index (Phi) is 7.41. The molecule has 27 heavy (non-hydrogen) atoms. The molecule has 2 rings (SSSR count). The molecular formula is C16H18ClIN4O5. The summed E-state index contributed by atoms with van der Waals surface area (Å²) < 4.78 is 2.86. The molecule has 2 aromatic rings. The van der Waals surface area contributed by atoms with Crippen molar-refractivity contribution in [2.75, 3.05) is 18.5 Å². The molecule has 0 aliphatic heterocycles. The Hall–Kier alpha value is -1.89. The van der Waals surface area contributed by atoms with Gasteiger partial charge in [0.05, 0.1) is 17.3 Å². The number of halogens is 2. The monoisotopic (exact) mass is 508 g/mol. The van der Waals surface area contributed by atoms with E-state index in [-0.39, 0.29) is 24.6 Å². The molecule has 0 spiro atoms. The molecule has 0 saturated carbocycles. The summed E-state index contributed by atoms with van der Waals surface area (Å²) in [6.07, 6.45) is 0.314. The van der Waals surface area contributed by atoms with Crippen LogP contribution >= 0.6 is 34.2 Å². The standard InChI is InChI=1S/C16H18ClIN4O5/c1-21-13(19-11-5-4-9(18)8-10(11)17)12(15(25)22(2)16(21)26)14(24)20-27-7-3-6-23/h4-5,8,19,23H,3,6-7H2,1-2H3,(H,20,24). The first-order valence-corrected chi connectivity index (χ1v) is 9.28. The number of hydrogen-bond acceptors (Lipinski definition) is 6. The van der Waals surface area contributed by atoms with Gasteiger partial charge >= 0.3 is 5.69 Å². The van der Waals surface area contributed by atoms with Gasteiger partial charge in [0.1, 0.15) is 11.4 Å². The summed E-state index contributed by atoms with van der Waals surface area (Å²) in [5.74, 6) is -0.845. The summed E-state index contributed by atoms with van der Waals surface area (Å²) in [5, 5.41) is 12.0. The molecule has 146 valence electrons. The zero-order chi connectivity index (χ0) is 20.1. The van der Waals surface area contributed by atoms with Crippen LogP contribution in [0, 0.1) is 3.57 Å². The number of hydrogen-bond donors (Lipinski definition) is 3. The van der Waals surface area contributed by atoms with Crippen LogP contribution in [0.25, 0.3) is 0 Å². The average Bonchev–Trinajstić information content (AvgIpc) is 2.63. The van der Waals surface area contributed by atoms with Gasteiger partial charge in [0.25, 0.3) is 11.5 Å². The lowest BCUT2D eigenvalue weighted by Crippen LogP contribution is -2.43. The fourth-order valence-corrected chi connectivity index (χ4v) is 3.12. The molecule has 1 amide bonds. The molecule has 0 bridgehead atoms. The zero-order valence-corrected chi connectivity index (χ0v) is 17.5. The number of carbonyl (C=O) groups is 1. The van der Waals surface area contributed by atoms with Gasteiger partial charge < -0.3 is 10.4 Å². The fourth-order valence-electron chi connectivity index (χ4n) is 2.22. The van der Waals surface area contributed by atoms with E-state index < -0.39 is 17.2 Å². The highest BCUT2D eigenvalue weighted by Crippen LogP contribution is 2.27. The van der Waals surface area contributed by atoms with Crippen LogP contribution in [0.2, 0.25) is 5.02 Å². The minimum absolute atomic E-state index is 0.0190. The highest BCUT2D eigenvalue weighted by Gasteiger charge is 2.23. The number of amides is 1. The molecule has 0 unspecified atom stereocenters. The largest absolute Gasteiger partial charge is 0.396 e. The number of anilines is 2. The topological polar surface area (TPSA) is 115 Å². The molecule has 0 radical (unpaired) electrons. The number of carbonyl (C=O) groups excluding carboxylic acids is 1. The van der Waals surface area contributed by atoms with E-state index in [0.29, 0.717) is 17.1 Å². The van der Waals surface area contributed by atoms with Crippen molar-refractivity contribution in [2.45, 2.75) is 6.42 Å². The van der Waals surface area contributed by atoms with Gasteiger partial charge in [-0.3, -0.25) is 23.6 Å². The van der Waals surface area contributed by atoms with Crippen LogP contribution in [0.3, 0.4) is 0 Å². The maximum absolute atomic E-state index is 12.5. The van der Waals surface area contributed by atoms with Crippen LogP contribution in [-0.2, 0) is 18.9 Å². The van der Waals surface area contributed by atoms with Gasteiger partial charge in [0, 0.05) is 24.3 Å².